The molecule has 1 aromatic rings. The van der Waals surface area contributed by atoms with Crippen molar-refractivity contribution in [3.63, 3.8) is 0 Å². The lowest BCUT2D eigenvalue weighted by atomic mass is 10.1. The molecule has 1 aromatic heterocycles. The Kier molecular flexibility index (Phi) is 6.60. The standard InChI is InChI=1S/C16H14N4O3.CH4S/c1-2-3-4-11-13(6-18)21-16-14(11)22-15(23-16)12(5-17)10-7-19-9-20-8-10;1-2/h3-4,6-9,14,16,18H,2H2,1H3;2H,1H3/b4-3-,15-12-,18-6?;. The number of ether oxygens (including phenoxy) is 3. The van der Waals surface area contributed by atoms with Crippen molar-refractivity contribution in [3.8, 4) is 6.07 Å². The summed E-state index contributed by atoms with van der Waals surface area (Å²) in [6.45, 7) is 2.01. The van der Waals surface area contributed by atoms with Crippen LogP contribution in [0.4, 0.5) is 0 Å². The maximum absolute atomic E-state index is 9.38. The van der Waals surface area contributed by atoms with Crippen LogP contribution in [0.25, 0.3) is 5.57 Å². The van der Waals surface area contributed by atoms with Crippen molar-refractivity contribution in [1.29, 1.82) is 10.7 Å². The van der Waals surface area contributed by atoms with Gasteiger partial charge >= 0.3 is 5.95 Å². The van der Waals surface area contributed by atoms with Crippen LogP contribution < -0.4 is 0 Å². The van der Waals surface area contributed by atoms with Crippen molar-refractivity contribution in [2.75, 3.05) is 6.26 Å². The molecule has 8 heteroatoms. The van der Waals surface area contributed by atoms with E-state index in [0.29, 0.717) is 11.3 Å². The van der Waals surface area contributed by atoms with E-state index in [1.54, 1.807) is 6.26 Å². The second-order valence-electron chi connectivity index (χ2n) is 4.82. The topological polar surface area (TPSA) is 101 Å². The van der Waals surface area contributed by atoms with Gasteiger partial charge in [0.1, 0.15) is 23.7 Å². The quantitative estimate of drug-likeness (QED) is 0.487. The fraction of sp³-hybridized carbons (Fsp3) is 0.294. The van der Waals surface area contributed by atoms with Gasteiger partial charge in [0.2, 0.25) is 6.10 Å². The predicted octanol–water partition coefficient (Wildman–Crippen LogP) is 2.86. The van der Waals surface area contributed by atoms with Crippen LogP contribution in [0.15, 0.2) is 48.2 Å². The smallest absolute Gasteiger partial charge is 0.302 e. The average Bonchev–Trinajstić information content (AvgIpc) is 3.21. The Morgan fingerprint density at radius 2 is 2.04 bits per heavy atom. The molecular formula is C17H18N4O3S. The Hall–Kier alpha value is -2.79. The molecule has 0 radical (unpaired) electrons. The number of allylic oxidation sites excluding steroid dienone is 3. The molecule has 130 valence electrons. The number of aromatic nitrogens is 2. The third-order valence-corrected chi connectivity index (χ3v) is 3.37. The molecule has 1 N–H and O–H groups in total. The molecule has 2 aliphatic heterocycles. The van der Waals surface area contributed by atoms with E-state index >= 15 is 0 Å². The van der Waals surface area contributed by atoms with Gasteiger partial charge in [-0.15, -0.1) is 0 Å². The lowest BCUT2D eigenvalue weighted by molar-refractivity contribution is -0.0408. The molecule has 0 aliphatic carbocycles. The van der Waals surface area contributed by atoms with E-state index in [-0.39, 0.29) is 11.5 Å². The monoisotopic (exact) mass is 358 g/mol. The van der Waals surface area contributed by atoms with E-state index in [9.17, 15) is 5.26 Å². The van der Waals surface area contributed by atoms with Gasteiger partial charge in [-0.2, -0.15) is 17.9 Å². The highest BCUT2D eigenvalue weighted by atomic mass is 32.1. The largest absolute Gasteiger partial charge is 0.449 e. The normalized spacial score (nSPS) is 22.8. The zero-order valence-electron chi connectivity index (χ0n) is 13.8. The fourth-order valence-corrected chi connectivity index (χ4v) is 2.31. The van der Waals surface area contributed by atoms with Gasteiger partial charge in [0.25, 0.3) is 6.29 Å². The number of hydrogen-bond donors (Lipinski definition) is 2. The molecule has 2 unspecified atom stereocenters. The first-order chi connectivity index (χ1) is 12.3. The predicted molar refractivity (Wildman–Crippen MR) is 95.5 cm³/mol. The van der Waals surface area contributed by atoms with E-state index in [1.807, 2.05) is 25.1 Å². The van der Waals surface area contributed by atoms with E-state index in [4.69, 9.17) is 19.6 Å². The van der Waals surface area contributed by atoms with Gasteiger partial charge in [0, 0.05) is 23.5 Å². The average molecular weight is 358 g/mol. The number of thiol groups is 1. The van der Waals surface area contributed by atoms with Crippen LogP contribution in [0.2, 0.25) is 0 Å². The summed E-state index contributed by atoms with van der Waals surface area (Å²) in [7, 11) is 0. The lowest BCUT2D eigenvalue weighted by Crippen LogP contribution is -2.19. The highest BCUT2D eigenvalue weighted by molar-refractivity contribution is 7.79. The second kappa shape index (κ2) is 8.89. The SMILES string of the molecule is CC/C=C\C1=C(C=N)OC2O/C(=C(/C#N)c3cncnc3)OC12.CS. The number of nitriles is 1. The van der Waals surface area contributed by atoms with Crippen molar-refractivity contribution in [3.05, 3.63) is 53.7 Å². The van der Waals surface area contributed by atoms with Gasteiger partial charge in [-0.25, -0.2) is 9.97 Å². The Labute approximate surface area is 151 Å². The molecule has 0 aromatic carbocycles. The van der Waals surface area contributed by atoms with Crippen molar-refractivity contribution in [2.24, 2.45) is 0 Å². The number of nitrogens with zero attached hydrogens (tertiary/aromatic N) is 3. The van der Waals surface area contributed by atoms with Crippen LogP contribution >= 0.6 is 12.6 Å². The summed E-state index contributed by atoms with van der Waals surface area (Å²) in [4.78, 5) is 7.78. The highest BCUT2D eigenvalue weighted by Gasteiger charge is 2.46. The Bertz CT molecular complexity index is 753. The maximum atomic E-state index is 9.38. The summed E-state index contributed by atoms with van der Waals surface area (Å²) in [6, 6.07) is 2.05. The van der Waals surface area contributed by atoms with Crippen LogP contribution in [0.3, 0.4) is 0 Å². The molecule has 0 spiro atoms. The van der Waals surface area contributed by atoms with E-state index < -0.39 is 12.4 Å². The minimum atomic E-state index is -0.703. The van der Waals surface area contributed by atoms with Gasteiger partial charge in [-0.3, -0.25) is 0 Å². The molecular weight excluding hydrogens is 340 g/mol. The molecule has 0 amide bonds. The first kappa shape index (κ1) is 18.5. The fourth-order valence-electron chi connectivity index (χ4n) is 2.31. The zero-order chi connectivity index (χ0) is 18.2. The van der Waals surface area contributed by atoms with Crippen LogP contribution in [-0.2, 0) is 14.2 Å². The summed E-state index contributed by atoms with van der Waals surface area (Å²) >= 11 is 3.53. The second-order valence-corrected chi connectivity index (χ2v) is 4.82. The van der Waals surface area contributed by atoms with Gasteiger partial charge in [-0.05, 0) is 12.7 Å². The van der Waals surface area contributed by atoms with Crippen LogP contribution in [-0.4, -0.2) is 34.8 Å². The van der Waals surface area contributed by atoms with Crippen molar-refractivity contribution >= 4 is 24.4 Å². The number of rotatable bonds is 4. The van der Waals surface area contributed by atoms with Crippen molar-refractivity contribution in [2.45, 2.75) is 25.7 Å². The summed E-state index contributed by atoms with van der Waals surface area (Å²) in [5, 5.41) is 16.8. The van der Waals surface area contributed by atoms with Crippen LogP contribution in [0.1, 0.15) is 18.9 Å². The first-order valence-corrected chi connectivity index (χ1v) is 8.43. The van der Waals surface area contributed by atoms with Crippen LogP contribution in [0, 0.1) is 16.7 Å². The molecule has 1 fully saturated rings. The molecule has 0 saturated carbocycles. The van der Waals surface area contributed by atoms with Crippen molar-refractivity contribution in [1.82, 2.24) is 9.97 Å². The number of nitrogens with one attached hydrogen (secondary N) is 1. The maximum Gasteiger partial charge on any atom is 0.302 e. The molecule has 2 aliphatic rings. The number of fused-ring (bicyclic) bond motifs is 1. The molecule has 3 rings (SSSR count). The summed E-state index contributed by atoms with van der Waals surface area (Å²) in [5.41, 5.74) is 1.44. The van der Waals surface area contributed by atoms with E-state index in [2.05, 4.69) is 22.6 Å². The molecule has 3 heterocycles. The molecule has 1 saturated heterocycles. The molecule has 7 nitrogen and oxygen atoms in total. The summed E-state index contributed by atoms with van der Waals surface area (Å²) < 4.78 is 17.0. The summed E-state index contributed by atoms with van der Waals surface area (Å²) in [5.74, 6) is 0.494. The Morgan fingerprint density at radius 3 is 2.64 bits per heavy atom. The van der Waals surface area contributed by atoms with Crippen LogP contribution in [0.5, 0.6) is 0 Å². The number of hydrogen-bond acceptors (Lipinski definition) is 8. The molecule has 25 heavy (non-hydrogen) atoms. The minimum absolute atomic E-state index is 0.0868. The molecule has 2 atom stereocenters. The first-order valence-electron chi connectivity index (χ1n) is 7.54. The van der Waals surface area contributed by atoms with Gasteiger partial charge < -0.3 is 19.6 Å². The lowest BCUT2D eigenvalue weighted by Gasteiger charge is -2.07. The highest BCUT2D eigenvalue weighted by Crippen LogP contribution is 2.39. The van der Waals surface area contributed by atoms with Gasteiger partial charge in [-0.1, -0.05) is 19.1 Å². The third kappa shape index (κ3) is 3.83. The van der Waals surface area contributed by atoms with Crippen molar-refractivity contribution < 1.29 is 14.2 Å². The Morgan fingerprint density at radius 1 is 1.32 bits per heavy atom. The van der Waals surface area contributed by atoms with E-state index in [0.717, 1.165) is 18.2 Å². The third-order valence-electron chi connectivity index (χ3n) is 3.37. The van der Waals surface area contributed by atoms with Gasteiger partial charge in [0.15, 0.2) is 0 Å². The zero-order valence-corrected chi connectivity index (χ0v) is 14.7. The minimum Gasteiger partial charge on any atom is -0.449 e. The Balaban J connectivity index is 0.00000109. The summed E-state index contributed by atoms with van der Waals surface area (Å²) in [6.07, 6.45) is 10.7. The van der Waals surface area contributed by atoms with Gasteiger partial charge in [0.05, 0.1) is 6.21 Å². The molecule has 0 bridgehead atoms. The van der Waals surface area contributed by atoms with E-state index in [1.165, 1.54) is 18.7 Å².